The molecule has 4 aliphatic carbocycles. The van der Waals surface area contributed by atoms with E-state index in [2.05, 4.69) is 5.32 Å². The molecule has 27 heavy (non-hydrogen) atoms. The summed E-state index contributed by atoms with van der Waals surface area (Å²) in [5.41, 5.74) is 0.563. The van der Waals surface area contributed by atoms with Crippen LogP contribution in [0, 0.1) is 24.2 Å². The second kappa shape index (κ2) is 6.84. The minimum Gasteiger partial charge on any atom is -0.490 e. The Morgan fingerprint density at radius 2 is 1.74 bits per heavy atom. The monoisotopic (exact) mass is 371 g/mol. The second-order valence-electron chi connectivity index (χ2n) is 9.00. The highest BCUT2D eigenvalue weighted by molar-refractivity contribution is 5.79. The predicted octanol–water partition coefficient (Wildman–Crippen LogP) is 3.39. The lowest BCUT2D eigenvalue weighted by atomic mass is 9.47. The summed E-state index contributed by atoms with van der Waals surface area (Å²) in [4.78, 5) is 24.7. The molecule has 1 amide bonds. The van der Waals surface area contributed by atoms with Crippen molar-refractivity contribution in [2.45, 2.75) is 57.9 Å². The summed E-state index contributed by atoms with van der Waals surface area (Å²) in [6, 6.07) is 7.84. The Labute approximate surface area is 160 Å². The number of carbonyl (C=O) groups is 2. The normalized spacial score (nSPS) is 33.6. The van der Waals surface area contributed by atoms with Crippen molar-refractivity contribution in [2.24, 2.45) is 17.3 Å². The molecule has 4 fully saturated rings. The first-order chi connectivity index (χ1) is 12.9. The van der Waals surface area contributed by atoms with E-state index in [4.69, 9.17) is 9.47 Å². The highest BCUT2D eigenvalue weighted by atomic mass is 16.6. The van der Waals surface area contributed by atoms with Gasteiger partial charge in [-0.3, -0.25) is 9.59 Å². The van der Waals surface area contributed by atoms with Crippen molar-refractivity contribution < 1.29 is 19.1 Å². The molecule has 0 spiro atoms. The van der Waals surface area contributed by atoms with Crippen LogP contribution in [0.3, 0.4) is 0 Å². The van der Waals surface area contributed by atoms with E-state index in [0.29, 0.717) is 18.4 Å². The molecule has 1 N–H and O–H groups in total. The highest BCUT2D eigenvalue weighted by Gasteiger charge is 2.61. The predicted molar refractivity (Wildman–Crippen MR) is 101 cm³/mol. The maximum absolute atomic E-state index is 13.0. The molecule has 4 atom stereocenters. The standard InChI is InChI=1S/C22H29NO4/c1-15-3-5-19(6-4-15)26-7-8-27-20(25)21-10-17-9-18(11-21)13-22(12-17,14-21)23-16(2)24/h3-6,17-18H,7-14H2,1-2H3,(H,23,24)/t17-,18+,21?,22?. The van der Waals surface area contributed by atoms with Crippen LogP contribution in [0.1, 0.15) is 51.0 Å². The van der Waals surface area contributed by atoms with Crippen LogP contribution in [0.4, 0.5) is 0 Å². The first-order valence-corrected chi connectivity index (χ1v) is 10.0. The number of esters is 1. The molecule has 0 heterocycles. The van der Waals surface area contributed by atoms with Crippen molar-refractivity contribution >= 4 is 11.9 Å². The SMILES string of the molecule is CC(=O)NC12C[C@H]3C[C@@H](C1)CC(C(=O)OCCOc1ccc(C)cc1)(C3)C2. The Bertz CT molecular complexity index is 712. The third-order valence-corrected chi connectivity index (χ3v) is 6.54. The molecule has 0 aliphatic heterocycles. The number of hydrogen-bond donors (Lipinski definition) is 1. The van der Waals surface area contributed by atoms with Crippen molar-refractivity contribution in [3.8, 4) is 5.75 Å². The minimum atomic E-state index is -0.420. The van der Waals surface area contributed by atoms with Gasteiger partial charge in [-0.15, -0.1) is 0 Å². The Morgan fingerprint density at radius 1 is 1.07 bits per heavy atom. The van der Waals surface area contributed by atoms with E-state index in [1.165, 1.54) is 12.0 Å². The van der Waals surface area contributed by atoms with Crippen LogP contribution < -0.4 is 10.1 Å². The Hall–Kier alpha value is -2.04. The van der Waals surface area contributed by atoms with Gasteiger partial charge in [-0.25, -0.2) is 0 Å². The molecule has 1 aromatic carbocycles. The number of aryl methyl sites for hydroxylation is 1. The molecule has 4 saturated carbocycles. The summed E-state index contributed by atoms with van der Waals surface area (Å²) in [7, 11) is 0. The zero-order valence-electron chi connectivity index (χ0n) is 16.3. The molecule has 0 aromatic heterocycles. The molecule has 5 nitrogen and oxygen atoms in total. The first kappa shape index (κ1) is 18.3. The lowest BCUT2D eigenvalue weighted by molar-refractivity contribution is -0.176. The fourth-order valence-electron chi connectivity index (χ4n) is 6.10. The van der Waals surface area contributed by atoms with Gasteiger partial charge in [-0.1, -0.05) is 17.7 Å². The zero-order chi connectivity index (χ0) is 19.1. The fraction of sp³-hybridized carbons (Fsp3) is 0.636. The minimum absolute atomic E-state index is 0.00645. The summed E-state index contributed by atoms with van der Waals surface area (Å²) in [5, 5.41) is 3.19. The summed E-state index contributed by atoms with van der Waals surface area (Å²) in [5.74, 6) is 1.74. The molecule has 0 radical (unpaired) electrons. The maximum atomic E-state index is 13.0. The van der Waals surface area contributed by atoms with Crippen LogP contribution >= 0.6 is 0 Å². The van der Waals surface area contributed by atoms with Gasteiger partial charge >= 0.3 is 5.97 Å². The number of carbonyl (C=O) groups excluding carboxylic acids is 2. The van der Waals surface area contributed by atoms with Gasteiger partial charge in [-0.2, -0.15) is 0 Å². The number of ether oxygens (including phenoxy) is 2. The van der Waals surface area contributed by atoms with Gasteiger partial charge in [0.05, 0.1) is 5.41 Å². The van der Waals surface area contributed by atoms with Crippen LogP contribution in [-0.2, 0) is 14.3 Å². The topological polar surface area (TPSA) is 64.6 Å². The van der Waals surface area contributed by atoms with Crippen molar-refractivity contribution in [1.82, 2.24) is 5.32 Å². The summed E-state index contributed by atoms with van der Waals surface area (Å²) in [6.07, 6.45) is 5.74. The van der Waals surface area contributed by atoms with Crippen molar-refractivity contribution in [2.75, 3.05) is 13.2 Å². The van der Waals surface area contributed by atoms with Crippen molar-refractivity contribution in [1.29, 1.82) is 0 Å². The zero-order valence-corrected chi connectivity index (χ0v) is 16.3. The third kappa shape index (κ3) is 3.69. The molecular weight excluding hydrogens is 342 g/mol. The first-order valence-electron chi connectivity index (χ1n) is 10.0. The van der Waals surface area contributed by atoms with E-state index in [9.17, 15) is 9.59 Å². The average molecular weight is 371 g/mol. The van der Waals surface area contributed by atoms with Gasteiger partial charge in [0.25, 0.3) is 0 Å². The van der Waals surface area contributed by atoms with Gasteiger partial charge in [-0.05, 0) is 69.4 Å². The molecule has 5 heteroatoms. The van der Waals surface area contributed by atoms with E-state index in [0.717, 1.165) is 37.9 Å². The molecule has 4 aliphatic rings. The van der Waals surface area contributed by atoms with Gasteiger partial charge in [0.2, 0.25) is 5.91 Å². The Morgan fingerprint density at radius 3 is 2.37 bits per heavy atom. The van der Waals surface area contributed by atoms with Crippen LogP contribution in [0.25, 0.3) is 0 Å². The van der Waals surface area contributed by atoms with Gasteiger partial charge < -0.3 is 14.8 Å². The lowest BCUT2D eigenvalue weighted by Gasteiger charge is -2.60. The van der Waals surface area contributed by atoms with Gasteiger partial charge in [0.15, 0.2) is 0 Å². The van der Waals surface area contributed by atoms with Crippen LogP contribution in [0.5, 0.6) is 5.75 Å². The maximum Gasteiger partial charge on any atom is 0.312 e. The lowest BCUT2D eigenvalue weighted by Crippen LogP contribution is -2.64. The quantitative estimate of drug-likeness (QED) is 0.615. The highest BCUT2D eigenvalue weighted by Crippen LogP contribution is 2.62. The number of benzene rings is 1. The fourth-order valence-corrected chi connectivity index (χ4v) is 6.10. The smallest absolute Gasteiger partial charge is 0.312 e. The number of amides is 1. The second-order valence-corrected chi connectivity index (χ2v) is 9.00. The van der Waals surface area contributed by atoms with Crippen LogP contribution in [0.15, 0.2) is 24.3 Å². The van der Waals surface area contributed by atoms with Crippen LogP contribution in [-0.4, -0.2) is 30.6 Å². The summed E-state index contributed by atoms with van der Waals surface area (Å²) < 4.78 is 11.3. The van der Waals surface area contributed by atoms with E-state index < -0.39 is 5.41 Å². The summed E-state index contributed by atoms with van der Waals surface area (Å²) >= 11 is 0. The van der Waals surface area contributed by atoms with Crippen molar-refractivity contribution in [3.05, 3.63) is 29.8 Å². The number of hydrogen-bond acceptors (Lipinski definition) is 4. The number of rotatable bonds is 6. The molecule has 0 saturated heterocycles. The molecule has 146 valence electrons. The third-order valence-electron chi connectivity index (χ3n) is 6.54. The van der Waals surface area contributed by atoms with E-state index in [1.807, 2.05) is 31.2 Å². The number of nitrogens with one attached hydrogen (secondary N) is 1. The van der Waals surface area contributed by atoms with Gasteiger partial charge in [0, 0.05) is 12.5 Å². The molecular formula is C22H29NO4. The van der Waals surface area contributed by atoms with Crippen molar-refractivity contribution in [3.63, 3.8) is 0 Å². The Kier molecular flexibility index (Phi) is 4.65. The molecule has 4 bridgehead atoms. The van der Waals surface area contributed by atoms with E-state index in [-0.39, 0.29) is 24.0 Å². The summed E-state index contributed by atoms with van der Waals surface area (Å²) in [6.45, 7) is 4.22. The van der Waals surface area contributed by atoms with E-state index >= 15 is 0 Å². The van der Waals surface area contributed by atoms with Gasteiger partial charge in [0.1, 0.15) is 19.0 Å². The van der Waals surface area contributed by atoms with Crippen LogP contribution in [0.2, 0.25) is 0 Å². The molecule has 2 unspecified atom stereocenters. The average Bonchev–Trinajstić information content (AvgIpc) is 2.57. The molecule has 5 rings (SSSR count). The Balaban J connectivity index is 1.35. The van der Waals surface area contributed by atoms with E-state index in [1.54, 1.807) is 6.92 Å². The largest absolute Gasteiger partial charge is 0.490 e. The molecule has 1 aromatic rings.